The Balaban J connectivity index is 1.70. The van der Waals surface area contributed by atoms with Gasteiger partial charge in [-0.1, -0.05) is 17.7 Å². The summed E-state index contributed by atoms with van der Waals surface area (Å²) in [4.78, 5) is 20.3. The van der Waals surface area contributed by atoms with Crippen molar-refractivity contribution in [1.29, 1.82) is 5.26 Å². The summed E-state index contributed by atoms with van der Waals surface area (Å²) in [6.07, 6.45) is 1.35. The molecular weight excluding hydrogens is 324 g/mol. The molecular formula is C16H14N6OS. The number of rotatable bonds is 4. The number of hydrogen-bond donors (Lipinski definition) is 1. The van der Waals surface area contributed by atoms with Crippen LogP contribution in [0.4, 0.5) is 5.13 Å². The van der Waals surface area contributed by atoms with Gasteiger partial charge in [-0.05, 0) is 25.5 Å². The van der Waals surface area contributed by atoms with Crippen molar-refractivity contribution >= 4 is 22.4 Å². The molecule has 0 atom stereocenters. The Bertz CT molecular complexity index is 936. The monoisotopic (exact) mass is 338 g/mol. The van der Waals surface area contributed by atoms with Gasteiger partial charge in [-0.3, -0.25) is 4.79 Å². The zero-order chi connectivity index (χ0) is 17.1. The number of aromatic nitrogens is 4. The number of nitriles is 1. The summed E-state index contributed by atoms with van der Waals surface area (Å²) < 4.78 is 1.31. The molecule has 0 saturated carbocycles. The van der Waals surface area contributed by atoms with E-state index in [-0.39, 0.29) is 18.3 Å². The third-order valence-electron chi connectivity index (χ3n) is 3.36. The van der Waals surface area contributed by atoms with Gasteiger partial charge in [0.05, 0.1) is 5.69 Å². The maximum absolute atomic E-state index is 12.0. The molecule has 0 unspecified atom stereocenters. The molecule has 0 saturated heterocycles. The van der Waals surface area contributed by atoms with Gasteiger partial charge in [-0.2, -0.15) is 5.26 Å². The smallest absolute Gasteiger partial charge is 0.252 e. The number of carbonyl (C=O) groups is 1. The second kappa shape index (κ2) is 6.60. The lowest BCUT2D eigenvalue weighted by atomic mass is 10.0. The molecule has 24 heavy (non-hydrogen) atoms. The first-order chi connectivity index (χ1) is 11.5. The second-order valence-electron chi connectivity index (χ2n) is 5.28. The van der Waals surface area contributed by atoms with Crippen LogP contribution >= 0.6 is 11.3 Å². The quantitative estimate of drug-likeness (QED) is 0.788. The number of thiazole rings is 1. The molecule has 2 heterocycles. The topological polar surface area (TPSA) is 96.5 Å². The van der Waals surface area contributed by atoms with Gasteiger partial charge in [0, 0.05) is 10.9 Å². The maximum Gasteiger partial charge on any atom is 0.252 e. The summed E-state index contributed by atoms with van der Waals surface area (Å²) in [5, 5.41) is 17.7. The number of hydrogen-bond acceptors (Lipinski definition) is 6. The van der Waals surface area contributed by atoms with E-state index >= 15 is 0 Å². The molecule has 0 aliphatic carbocycles. The van der Waals surface area contributed by atoms with E-state index in [4.69, 9.17) is 5.26 Å². The summed E-state index contributed by atoms with van der Waals surface area (Å²) in [5.74, 6) is -0.236. The molecule has 0 spiro atoms. The van der Waals surface area contributed by atoms with Crippen molar-refractivity contribution < 1.29 is 4.79 Å². The van der Waals surface area contributed by atoms with Gasteiger partial charge in [0.2, 0.25) is 5.91 Å². The highest BCUT2D eigenvalue weighted by Crippen LogP contribution is 2.28. The Morgan fingerprint density at radius 2 is 2.25 bits per heavy atom. The number of nitrogens with zero attached hydrogens (tertiary/aromatic N) is 5. The lowest BCUT2D eigenvalue weighted by Gasteiger charge is -2.04. The zero-order valence-electron chi connectivity index (χ0n) is 13.1. The fraction of sp³-hybridized carbons (Fsp3) is 0.188. The third kappa shape index (κ3) is 3.47. The minimum atomic E-state index is -0.272. The Morgan fingerprint density at radius 3 is 3.00 bits per heavy atom. The van der Waals surface area contributed by atoms with Crippen LogP contribution in [0.25, 0.3) is 11.3 Å². The van der Waals surface area contributed by atoms with Crippen LogP contribution in [0, 0.1) is 25.2 Å². The van der Waals surface area contributed by atoms with E-state index in [0.29, 0.717) is 5.13 Å². The highest BCUT2D eigenvalue weighted by Gasteiger charge is 2.11. The van der Waals surface area contributed by atoms with Crippen LogP contribution in [0.15, 0.2) is 29.9 Å². The van der Waals surface area contributed by atoms with Gasteiger partial charge in [0.15, 0.2) is 5.13 Å². The molecule has 0 aliphatic heterocycles. The van der Waals surface area contributed by atoms with Crippen LogP contribution in [0.3, 0.4) is 0 Å². The largest absolute Gasteiger partial charge is 0.300 e. The van der Waals surface area contributed by atoms with Crippen molar-refractivity contribution in [2.45, 2.75) is 20.4 Å². The highest BCUT2D eigenvalue weighted by atomic mass is 32.1. The second-order valence-corrected chi connectivity index (χ2v) is 6.14. The van der Waals surface area contributed by atoms with Crippen molar-refractivity contribution in [3.63, 3.8) is 0 Å². The number of amides is 1. The summed E-state index contributed by atoms with van der Waals surface area (Å²) in [6.45, 7) is 4.04. The van der Waals surface area contributed by atoms with Gasteiger partial charge >= 0.3 is 0 Å². The van der Waals surface area contributed by atoms with Gasteiger partial charge in [-0.25, -0.2) is 14.6 Å². The highest BCUT2D eigenvalue weighted by molar-refractivity contribution is 7.14. The lowest BCUT2D eigenvalue weighted by Crippen LogP contribution is -2.19. The Labute approximate surface area is 142 Å². The molecule has 7 nitrogen and oxygen atoms in total. The van der Waals surface area contributed by atoms with Crippen molar-refractivity contribution in [3.8, 4) is 17.3 Å². The molecule has 1 N–H and O–H groups in total. The molecule has 3 aromatic rings. The molecule has 120 valence electrons. The SMILES string of the molecule is Cc1ccc(C)c(-c2csc(NC(=O)Cn3cnc(C#N)n3)n2)c1. The number of aryl methyl sites for hydroxylation is 2. The van der Waals surface area contributed by atoms with Crippen molar-refractivity contribution in [2.24, 2.45) is 0 Å². The van der Waals surface area contributed by atoms with Crippen LogP contribution in [0.2, 0.25) is 0 Å². The zero-order valence-corrected chi connectivity index (χ0v) is 14.0. The van der Waals surface area contributed by atoms with E-state index in [2.05, 4.69) is 38.6 Å². The third-order valence-corrected chi connectivity index (χ3v) is 4.12. The van der Waals surface area contributed by atoms with Crippen LogP contribution in [-0.4, -0.2) is 25.7 Å². The fourth-order valence-electron chi connectivity index (χ4n) is 2.19. The molecule has 2 aromatic heterocycles. The van der Waals surface area contributed by atoms with E-state index < -0.39 is 0 Å². The summed E-state index contributed by atoms with van der Waals surface area (Å²) in [6, 6.07) is 8.01. The van der Waals surface area contributed by atoms with E-state index in [9.17, 15) is 4.79 Å². The van der Waals surface area contributed by atoms with Gasteiger partial charge in [-0.15, -0.1) is 16.4 Å². The number of carbonyl (C=O) groups excluding carboxylic acids is 1. The van der Waals surface area contributed by atoms with Crippen molar-refractivity contribution in [1.82, 2.24) is 19.7 Å². The average molecular weight is 338 g/mol. The van der Waals surface area contributed by atoms with Crippen LogP contribution in [0.1, 0.15) is 17.0 Å². The number of benzene rings is 1. The van der Waals surface area contributed by atoms with Crippen LogP contribution < -0.4 is 5.32 Å². The minimum Gasteiger partial charge on any atom is -0.300 e. The van der Waals surface area contributed by atoms with Crippen molar-refractivity contribution in [2.75, 3.05) is 5.32 Å². The van der Waals surface area contributed by atoms with E-state index in [1.165, 1.54) is 22.3 Å². The van der Waals surface area contributed by atoms with Gasteiger partial charge < -0.3 is 5.32 Å². The summed E-state index contributed by atoms with van der Waals surface area (Å²) in [7, 11) is 0. The molecule has 8 heteroatoms. The average Bonchev–Trinajstić information content (AvgIpc) is 3.19. The first kappa shape index (κ1) is 15.8. The lowest BCUT2D eigenvalue weighted by molar-refractivity contribution is -0.116. The standard InChI is InChI=1S/C16H14N6OS/c1-10-3-4-11(2)12(5-10)13-8-24-16(19-13)20-15(23)7-22-9-18-14(6-17)21-22/h3-5,8-9H,7H2,1-2H3,(H,19,20,23). The molecule has 0 aliphatic rings. The van der Waals surface area contributed by atoms with E-state index in [0.717, 1.165) is 22.4 Å². The van der Waals surface area contributed by atoms with Crippen LogP contribution in [0.5, 0.6) is 0 Å². The Morgan fingerprint density at radius 1 is 1.42 bits per heavy atom. The Kier molecular flexibility index (Phi) is 4.35. The molecule has 0 bridgehead atoms. The van der Waals surface area contributed by atoms with Crippen LogP contribution in [-0.2, 0) is 11.3 Å². The molecule has 1 aromatic carbocycles. The normalized spacial score (nSPS) is 10.4. The van der Waals surface area contributed by atoms with E-state index in [1.54, 1.807) is 0 Å². The van der Waals surface area contributed by atoms with Gasteiger partial charge in [0.1, 0.15) is 18.9 Å². The maximum atomic E-state index is 12.0. The van der Waals surface area contributed by atoms with Gasteiger partial charge in [0.25, 0.3) is 5.82 Å². The predicted molar refractivity (Wildman–Crippen MR) is 90.4 cm³/mol. The summed E-state index contributed by atoms with van der Waals surface area (Å²) in [5.41, 5.74) is 4.19. The van der Waals surface area contributed by atoms with E-state index in [1.807, 2.05) is 25.3 Å². The molecule has 3 rings (SSSR count). The fourth-order valence-corrected chi connectivity index (χ4v) is 2.92. The molecule has 1 amide bonds. The number of anilines is 1. The predicted octanol–water partition coefficient (Wildman–Crippen LogP) is 2.53. The first-order valence-electron chi connectivity index (χ1n) is 7.17. The minimum absolute atomic E-state index is 0.0208. The summed E-state index contributed by atoms with van der Waals surface area (Å²) >= 11 is 1.37. The molecule has 0 radical (unpaired) electrons. The van der Waals surface area contributed by atoms with Crippen molar-refractivity contribution in [3.05, 3.63) is 46.9 Å². The number of nitrogens with one attached hydrogen (secondary N) is 1. The first-order valence-corrected chi connectivity index (χ1v) is 8.05. The Hall–Kier alpha value is -3.05. The molecule has 0 fully saturated rings.